The van der Waals surface area contributed by atoms with Crippen LogP contribution in [0, 0.1) is 18.3 Å². The fourth-order valence-corrected chi connectivity index (χ4v) is 4.04. The number of nitrogens with one attached hydrogen (secondary N) is 1. The molecule has 4 heterocycles. The average Bonchev–Trinajstić information content (AvgIpc) is 3.57. The Bertz CT molecular complexity index is 1370. The van der Waals surface area contributed by atoms with Gasteiger partial charge in [0.1, 0.15) is 5.69 Å². The Morgan fingerprint density at radius 2 is 1.88 bits per heavy atom. The summed E-state index contributed by atoms with van der Waals surface area (Å²) in [5.41, 5.74) is 4.78. The molecule has 1 aliphatic rings. The first-order valence-electron chi connectivity index (χ1n) is 11.3. The molecule has 0 aliphatic carbocycles. The smallest absolute Gasteiger partial charge is 0.268 e. The van der Waals surface area contributed by atoms with Crippen molar-refractivity contribution < 1.29 is 7.27 Å². The van der Waals surface area contributed by atoms with Gasteiger partial charge in [-0.2, -0.15) is 5.26 Å². The molecule has 174 valence electrons. The highest BCUT2D eigenvalue weighted by Gasteiger charge is 2.23. The zero-order valence-corrected chi connectivity index (χ0v) is 19.4. The van der Waals surface area contributed by atoms with E-state index in [2.05, 4.69) is 43.7 Å². The molecule has 4 aromatic rings. The molecule has 0 bridgehead atoms. The van der Waals surface area contributed by atoms with Crippen LogP contribution < -0.4 is 5.32 Å². The van der Waals surface area contributed by atoms with Crippen LogP contribution in [0.5, 0.6) is 0 Å². The monoisotopic (exact) mass is 455 g/mol. The maximum absolute atomic E-state index is 9.46. The van der Waals surface area contributed by atoms with E-state index in [0.717, 1.165) is 24.1 Å². The molecule has 1 aliphatic heterocycles. The van der Waals surface area contributed by atoms with Gasteiger partial charge in [-0.05, 0) is 70.0 Å². The van der Waals surface area contributed by atoms with Gasteiger partial charge in [-0.15, -0.1) is 10.2 Å². The molecule has 3 aromatic heterocycles. The molecule has 1 atom stereocenters. The zero-order valence-electron chi connectivity index (χ0n) is 19.4. The lowest BCUT2D eigenvalue weighted by atomic mass is 9.90. The Kier molecular flexibility index (Phi) is 5.64. The molecule has 1 saturated heterocycles. The largest absolute Gasteiger partial charge is 0.415 e. The SMILES string of the molecule is Cc1ncc(-c2ccnc(C(C)(C)C#N)c2)nc1-c1nnc(-c2ccc(C3CCCN3)cc2)o1.[HH].[HH]. The van der Waals surface area contributed by atoms with Crippen molar-refractivity contribution in [2.45, 2.75) is 45.1 Å². The van der Waals surface area contributed by atoms with E-state index < -0.39 is 5.41 Å². The van der Waals surface area contributed by atoms with E-state index in [1.165, 1.54) is 12.0 Å². The van der Waals surface area contributed by atoms with Crippen molar-refractivity contribution in [3.8, 4) is 40.4 Å². The highest BCUT2D eigenvalue weighted by molar-refractivity contribution is 5.64. The summed E-state index contributed by atoms with van der Waals surface area (Å²) in [4.78, 5) is 13.6. The Balaban J connectivity index is 0.00000180. The molecular formula is C26H29N7O. The highest BCUT2D eigenvalue weighted by atomic mass is 16.4. The molecule has 8 nitrogen and oxygen atoms in total. The van der Waals surface area contributed by atoms with Gasteiger partial charge in [0.05, 0.1) is 34.8 Å². The van der Waals surface area contributed by atoms with E-state index in [0.29, 0.717) is 40.6 Å². The molecule has 1 unspecified atom stereocenters. The molecule has 0 radical (unpaired) electrons. The summed E-state index contributed by atoms with van der Waals surface area (Å²) in [5, 5.41) is 21.5. The minimum atomic E-state index is -0.707. The Labute approximate surface area is 201 Å². The summed E-state index contributed by atoms with van der Waals surface area (Å²) < 4.78 is 5.99. The van der Waals surface area contributed by atoms with Gasteiger partial charge in [0.25, 0.3) is 5.89 Å². The van der Waals surface area contributed by atoms with Crippen molar-refractivity contribution in [1.29, 1.82) is 5.26 Å². The lowest BCUT2D eigenvalue weighted by Gasteiger charge is -2.15. The molecule has 8 heteroatoms. The van der Waals surface area contributed by atoms with Crippen molar-refractivity contribution in [3.05, 3.63) is 65.7 Å². The Morgan fingerprint density at radius 1 is 1.09 bits per heavy atom. The van der Waals surface area contributed by atoms with Crippen molar-refractivity contribution in [2.75, 3.05) is 6.54 Å². The van der Waals surface area contributed by atoms with Crippen molar-refractivity contribution in [1.82, 2.24) is 30.5 Å². The van der Waals surface area contributed by atoms with Gasteiger partial charge >= 0.3 is 0 Å². The van der Waals surface area contributed by atoms with Crippen molar-refractivity contribution in [2.24, 2.45) is 0 Å². The second-order valence-corrected chi connectivity index (χ2v) is 9.04. The molecule has 1 fully saturated rings. The van der Waals surface area contributed by atoms with Gasteiger partial charge in [-0.1, -0.05) is 12.1 Å². The fraction of sp³-hybridized carbons (Fsp3) is 0.308. The molecule has 0 amide bonds. The van der Waals surface area contributed by atoms with Crippen LogP contribution in [-0.2, 0) is 5.41 Å². The average molecular weight is 456 g/mol. The van der Waals surface area contributed by atoms with Crippen molar-refractivity contribution in [3.63, 3.8) is 0 Å². The summed E-state index contributed by atoms with van der Waals surface area (Å²) in [6.07, 6.45) is 5.74. The first kappa shape index (κ1) is 21.9. The Hall–Kier alpha value is -3.96. The number of benzene rings is 1. The molecule has 1 aromatic carbocycles. The summed E-state index contributed by atoms with van der Waals surface area (Å²) >= 11 is 0. The highest BCUT2D eigenvalue weighted by Crippen LogP contribution is 2.30. The van der Waals surface area contributed by atoms with Crippen LogP contribution in [0.25, 0.3) is 34.3 Å². The molecule has 34 heavy (non-hydrogen) atoms. The molecule has 0 spiro atoms. The van der Waals surface area contributed by atoms with E-state index in [4.69, 9.17) is 9.40 Å². The van der Waals surface area contributed by atoms with Gasteiger partial charge < -0.3 is 9.73 Å². The zero-order chi connectivity index (χ0) is 23.7. The van der Waals surface area contributed by atoms with Crippen molar-refractivity contribution >= 4 is 0 Å². The maximum atomic E-state index is 9.46. The Morgan fingerprint density at radius 3 is 2.62 bits per heavy atom. The lowest BCUT2D eigenvalue weighted by molar-refractivity contribution is 0.581. The van der Waals surface area contributed by atoms with E-state index in [-0.39, 0.29) is 2.85 Å². The number of nitriles is 1. The van der Waals surface area contributed by atoms with Gasteiger partial charge in [0.15, 0.2) is 0 Å². The normalized spacial score (nSPS) is 15.9. The van der Waals surface area contributed by atoms with Crippen LogP contribution in [0.1, 0.15) is 52.5 Å². The quantitative estimate of drug-likeness (QED) is 0.432. The third-order valence-electron chi connectivity index (χ3n) is 6.18. The van der Waals surface area contributed by atoms with E-state index in [1.54, 1.807) is 12.4 Å². The van der Waals surface area contributed by atoms with Gasteiger partial charge in [-0.25, -0.2) is 4.98 Å². The lowest BCUT2D eigenvalue weighted by Crippen LogP contribution is -2.15. The van der Waals surface area contributed by atoms with E-state index in [9.17, 15) is 5.26 Å². The standard InChI is InChI=1S/C26H25N7O.2H2/c1-16-23(31-21(14-30-16)19-10-12-29-22(13-19)26(2,3)15-27)25-33-32-24(34-25)18-8-6-17(7-9-18)20-5-4-11-28-20;;/h6-10,12-14,20,28H,4-5,11H2,1-3H3;2*1H. The fourth-order valence-electron chi connectivity index (χ4n) is 4.04. The summed E-state index contributed by atoms with van der Waals surface area (Å²) in [7, 11) is 0. The number of aromatic nitrogens is 5. The second kappa shape index (κ2) is 8.76. The van der Waals surface area contributed by atoms with Gasteiger partial charge in [-0.3, -0.25) is 9.97 Å². The first-order valence-corrected chi connectivity index (χ1v) is 11.3. The third-order valence-corrected chi connectivity index (χ3v) is 6.18. The summed E-state index contributed by atoms with van der Waals surface area (Å²) in [6.45, 7) is 6.59. The van der Waals surface area contributed by atoms with E-state index in [1.807, 2.05) is 45.0 Å². The number of rotatable bonds is 5. The van der Waals surface area contributed by atoms with Crippen LogP contribution in [0.15, 0.2) is 53.2 Å². The predicted molar refractivity (Wildman–Crippen MR) is 132 cm³/mol. The number of hydrogen-bond acceptors (Lipinski definition) is 8. The minimum absolute atomic E-state index is 0. The van der Waals surface area contributed by atoms with E-state index >= 15 is 0 Å². The number of nitrogens with zero attached hydrogens (tertiary/aromatic N) is 6. The predicted octanol–water partition coefficient (Wildman–Crippen LogP) is 5.28. The minimum Gasteiger partial charge on any atom is -0.415 e. The topological polar surface area (TPSA) is 113 Å². The molecule has 5 rings (SSSR count). The van der Waals surface area contributed by atoms with Gasteiger partial charge in [0.2, 0.25) is 5.89 Å². The maximum Gasteiger partial charge on any atom is 0.268 e. The molecule has 1 N–H and O–H groups in total. The van der Waals surface area contributed by atoms with Crippen LogP contribution in [0.3, 0.4) is 0 Å². The van der Waals surface area contributed by atoms with Crippen LogP contribution >= 0.6 is 0 Å². The first-order chi connectivity index (χ1) is 16.4. The third kappa shape index (κ3) is 4.18. The molecular weight excluding hydrogens is 426 g/mol. The second-order valence-electron chi connectivity index (χ2n) is 9.04. The number of aryl methyl sites for hydroxylation is 1. The van der Waals surface area contributed by atoms with Crippen LogP contribution in [0.2, 0.25) is 0 Å². The van der Waals surface area contributed by atoms with Crippen LogP contribution in [0.4, 0.5) is 0 Å². The number of pyridine rings is 1. The summed E-state index contributed by atoms with van der Waals surface area (Å²) in [6, 6.07) is 14.7. The number of hydrogen-bond donors (Lipinski definition) is 1. The summed E-state index contributed by atoms with van der Waals surface area (Å²) in [5.74, 6) is 0.754. The van der Waals surface area contributed by atoms with Gasteiger partial charge in [0, 0.05) is 26.2 Å². The molecule has 0 saturated carbocycles. The van der Waals surface area contributed by atoms with Crippen LogP contribution in [-0.4, -0.2) is 31.7 Å².